The zero-order chi connectivity index (χ0) is 21.5. The molecule has 0 spiro atoms. The smallest absolute Gasteiger partial charge is 0.253 e. The molecule has 1 aliphatic heterocycles. The SMILES string of the molecule is Cc1cc(NC(=O)CN(C)CC(=O)Nc2cccc(C(=O)N3CCSCC3)c2)no1. The minimum Gasteiger partial charge on any atom is -0.360 e. The number of thioether (sulfide) groups is 1. The van der Waals surface area contributed by atoms with Gasteiger partial charge in [-0.1, -0.05) is 11.2 Å². The highest BCUT2D eigenvalue weighted by Gasteiger charge is 2.19. The van der Waals surface area contributed by atoms with Crippen LogP contribution in [0.4, 0.5) is 11.5 Å². The highest BCUT2D eigenvalue weighted by molar-refractivity contribution is 7.99. The summed E-state index contributed by atoms with van der Waals surface area (Å²) < 4.78 is 4.90. The highest BCUT2D eigenvalue weighted by atomic mass is 32.2. The van der Waals surface area contributed by atoms with Crippen molar-refractivity contribution in [1.82, 2.24) is 15.0 Å². The predicted octanol–water partition coefficient (Wildman–Crippen LogP) is 1.68. The quantitative estimate of drug-likeness (QED) is 0.687. The summed E-state index contributed by atoms with van der Waals surface area (Å²) in [5.41, 5.74) is 1.10. The lowest BCUT2D eigenvalue weighted by atomic mass is 10.1. The largest absolute Gasteiger partial charge is 0.360 e. The molecule has 10 heteroatoms. The van der Waals surface area contributed by atoms with Crippen LogP contribution < -0.4 is 10.6 Å². The van der Waals surface area contributed by atoms with E-state index in [0.29, 0.717) is 22.8 Å². The average Bonchev–Trinajstić information content (AvgIpc) is 3.12. The summed E-state index contributed by atoms with van der Waals surface area (Å²) in [4.78, 5) is 40.4. The third-order valence-corrected chi connectivity index (χ3v) is 5.36. The Kier molecular flexibility index (Phi) is 7.47. The molecule has 0 saturated carbocycles. The molecule has 30 heavy (non-hydrogen) atoms. The zero-order valence-corrected chi connectivity index (χ0v) is 17.8. The summed E-state index contributed by atoms with van der Waals surface area (Å²) in [6.07, 6.45) is 0. The van der Waals surface area contributed by atoms with Crippen LogP contribution >= 0.6 is 11.8 Å². The molecule has 2 heterocycles. The van der Waals surface area contributed by atoms with Gasteiger partial charge in [0.05, 0.1) is 13.1 Å². The summed E-state index contributed by atoms with van der Waals surface area (Å²) in [6, 6.07) is 8.53. The maximum absolute atomic E-state index is 12.6. The van der Waals surface area contributed by atoms with Crippen LogP contribution in [-0.2, 0) is 9.59 Å². The Balaban J connectivity index is 1.49. The first-order valence-corrected chi connectivity index (χ1v) is 10.7. The molecule has 0 bridgehead atoms. The molecule has 1 aromatic heterocycles. The van der Waals surface area contributed by atoms with Crippen molar-refractivity contribution >= 4 is 41.0 Å². The van der Waals surface area contributed by atoms with Crippen molar-refractivity contribution in [2.24, 2.45) is 0 Å². The minimum absolute atomic E-state index is 0.0187. The van der Waals surface area contributed by atoms with Gasteiger partial charge in [0, 0.05) is 41.9 Å². The zero-order valence-electron chi connectivity index (χ0n) is 17.0. The summed E-state index contributed by atoms with van der Waals surface area (Å²) in [7, 11) is 1.67. The van der Waals surface area contributed by atoms with Gasteiger partial charge in [0.1, 0.15) is 5.76 Å². The fourth-order valence-electron chi connectivity index (χ4n) is 3.03. The second-order valence-electron chi connectivity index (χ2n) is 7.08. The Morgan fingerprint density at radius 2 is 1.83 bits per heavy atom. The molecule has 1 saturated heterocycles. The van der Waals surface area contributed by atoms with Gasteiger partial charge in [-0.05, 0) is 32.2 Å². The van der Waals surface area contributed by atoms with Crippen LogP contribution in [0.2, 0.25) is 0 Å². The highest BCUT2D eigenvalue weighted by Crippen LogP contribution is 2.16. The molecule has 0 radical (unpaired) electrons. The second-order valence-corrected chi connectivity index (χ2v) is 8.30. The van der Waals surface area contributed by atoms with Crippen molar-refractivity contribution < 1.29 is 18.9 Å². The molecule has 1 aliphatic rings. The number of nitrogens with zero attached hydrogens (tertiary/aromatic N) is 3. The van der Waals surface area contributed by atoms with Crippen LogP contribution in [-0.4, -0.2) is 77.4 Å². The molecular weight excluding hydrogens is 406 g/mol. The number of aryl methyl sites for hydroxylation is 1. The van der Waals surface area contributed by atoms with Crippen molar-refractivity contribution in [1.29, 1.82) is 0 Å². The van der Waals surface area contributed by atoms with E-state index in [1.54, 1.807) is 49.2 Å². The third kappa shape index (κ3) is 6.33. The first-order valence-electron chi connectivity index (χ1n) is 9.59. The molecule has 3 rings (SSSR count). The number of carbonyl (C=O) groups is 3. The van der Waals surface area contributed by atoms with Crippen LogP contribution in [0.1, 0.15) is 16.1 Å². The van der Waals surface area contributed by atoms with E-state index < -0.39 is 0 Å². The fraction of sp³-hybridized carbons (Fsp3) is 0.400. The van der Waals surface area contributed by atoms with Crippen LogP contribution in [0.3, 0.4) is 0 Å². The van der Waals surface area contributed by atoms with E-state index >= 15 is 0 Å². The lowest BCUT2D eigenvalue weighted by Crippen LogP contribution is -2.38. The fourth-order valence-corrected chi connectivity index (χ4v) is 3.94. The number of likely N-dealkylation sites (N-methyl/N-ethyl adjacent to an activating group) is 1. The average molecular weight is 432 g/mol. The lowest BCUT2D eigenvalue weighted by molar-refractivity contribution is -0.119. The van der Waals surface area contributed by atoms with E-state index in [9.17, 15) is 14.4 Å². The Morgan fingerprint density at radius 1 is 1.13 bits per heavy atom. The Hall–Kier alpha value is -2.85. The van der Waals surface area contributed by atoms with Gasteiger partial charge in [-0.2, -0.15) is 11.8 Å². The Bertz CT molecular complexity index is 910. The molecule has 3 amide bonds. The van der Waals surface area contributed by atoms with Gasteiger partial charge in [0.25, 0.3) is 5.91 Å². The number of anilines is 2. The van der Waals surface area contributed by atoms with Gasteiger partial charge in [-0.15, -0.1) is 0 Å². The van der Waals surface area contributed by atoms with E-state index in [-0.39, 0.29) is 30.8 Å². The van der Waals surface area contributed by atoms with Crippen LogP contribution in [0.25, 0.3) is 0 Å². The maximum Gasteiger partial charge on any atom is 0.253 e. The molecule has 1 fully saturated rings. The molecule has 0 aliphatic carbocycles. The van der Waals surface area contributed by atoms with Crippen LogP contribution in [0, 0.1) is 6.92 Å². The molecular formula is C20H25N5O4S. The van der Waals surface area contributed by atoms with Crippen LogP contribution in [0.15, 0.2) is 34.9 Å². The number of benzene rings is 1. The van der Waals surface area contributed by atoms with Gasteiger partial charge in [0.2, 0.25) is 11.8 Å². The molecule has 1 aromatic carbocycles. The molecule has 2 aromatic rings. The predicted molar refractivity (Wildman–Crippen MR) is 116 cm³/mol. The van der Waals surface area contributed by atoms with Crippen molar-refractivity contribution in [3.8, 4) is 0 Å². The number of amides is 3. The molecule has 160 valence electrons. The maximum atomic E-state index is 12.6. The number of rotatable bonds is 7. The van der Waals surface area contributed by atoms with Crippen LogP contribution in [0.5, 0.6) is 0 Å². The number of hydrogen-bond acceptors (Lipinski definition) is 7. The number of hydrogen-bond donors (Lipinski definition) is 2. The van der Waals surface area contributed by atoms with E-state index in [2.05, 4.69) is 15.8 Å². The van der Waals surface area contributed by atoms with Crippen molar-refractivity contribution in [2.75, 3.05) is 55.4 Å². The first-order chi connectivity index (χ1) is 14.4. The van der Waals surface area contributed by atoms with E-state index in [1.807, 2.05) is 16.7 Å². The molecule has 0 unspecified atom stereocenters. The number of aromatic nitrogens is 1. The van der Waals surface area contributed by atoms with Gasteiger partial charge in [-0.25, -0.2) is 0 Å². The molecule has 9 nitrogen and oxygen atoms in total. The van der Waals surface area contributed by atoms with Crippen molar-refractivity contribution in [3.05, 3.63) is 41.7 Å². The lowest BCUT2D eigenvalue weighted by Gasteiger charge is -2.26. The monoisotopic (exact) mass is 431 g/mol. The topological polar surface area (TPSA) is 108 Å². The van der Waals surface area contributed by atoms with Gasteiger partial charge in [-0.3, -0.25) is 19.3 Å². The summed E-state index contributed by atoms with van der Waals surface area (Å²) in [6.45, 7) is 3.24. The van der Waals surface area contributed by atoms with E-state index in [0.717, 1.165) is 24.6 Å². The first kappa shape index (κ1) is 21.8. The second kappa shape index (κ2) is 10.3. The standard InChI is InChI=1S/C20H25N5O4S/c1-14-10-17(23-29-14)22-19(27)13-24(2)12-18(26)21-16-5-3-4-15(11-16)20(28)25-6-8-30-9-7-25/h3-5,10-11H,6-9,12-13H2,1-2H3,(H,21,26)(H,22,23,27). The summed E-state index contributed by atoms with van der Waals surface area (Å²) >= 11 is 1.84. The third-order valence-electron chi connectivity index (χ3n) is 4.41. The minimum atomic E-state index is -0.300. The van der Waals surface area contributed by atoms with E-state index in [1.165, 1.54) is 0 Å². The molecule has 2 N–H and O–H groups in total. The van der Waals surface area contributed by atoms with Gasteiger partial charge < -0.3 is 20.1 Å². The summed E-state index contributed by atoms with van der Waals surface area (Å²) in [5.74, 6) is 2.22. The molecule has 0 atom stereocenters. The van der Waals surface area contributed by atoms with Gasteiger partial charge in [0.15, 0.2) is 5.82 Å². The Labute approximate surface area is 179 Å². The normalized spacial score (nSPS) is 13.9. The number of nitrogens with one attached hydrogen (secondary N) is 2. The number of carbonyl (C=O) groups excluding carboxylic acids is 3. The van der Waals surface area contributed by atoms with Crippen molar-refractivity contribution in [3.63, 3.8) is 0 Å². The Morgan fingerprint density at radius 3 is 2.50 bits per heavy atom. The van der Waals surface area contributed by atoms with Gasteiger partial charge >= 0.3 is 0 Å². The van der Waals surface area contributed by atoms with E-state index in [4.69, 9.17) is 4.52 Å². The van der Waals surface area contributed by atoms with Crippen molar-refractivity contribution in [2.45, 2.75) is 6.92 Å². The summed E-state index contributed by atoms with van der Waals surface area (Å²) in [5, 5.41) is 9.09.